The molecule has 0 aromatic heterocycles. The fraction of sp³-hybridized carbons (Fsp3) is 0.633. The van der Waals surface area contributed by atoms with Crippen LogP contribution in [0.5, 0.6) is 0 Å². The van der Waals surface area contributed by atoms with Crippen molar-refractivity contribution in [3.8, 4) is 0 Å². The summed E-state index contributed by atoms with van der Waals surface area (Å²) in [5.74, 6) is 1.08. The minimum Gasteiger partial charge on any atom is -0.343 e. The van der Waals surface area contributed by atoms with Crippen molar-refractivity contribution in [3.63, 3.8) is 0 Å². The van der Waals surface area contributed by atoms with Gasteiger partial charge in [0, 0.05) is 23.8 Å². The number of rotatable bonds is 1. The number of hydrogen-bond donors (Lipinski definition) is 0. The second-order valence-electron chi connectivity index (χ2n) is 12.3. The van der Waals surface area contributed by atoms with E-state index in [1.54, 1.807) is 11.1 Å². The highest BCUT2D eigenvalue weighted by atomic mass is 16.7. The predicted molar refractivity (Wildman–Crippen MR) is 131 cm³/mol. The van der Waals surface area contributed by atoms with Crippen LogP contribution in [0.2, 0.25) is 0 Å². The summed E-state index contributed by atoms with van der Waals surface area (Å²) in [5.41, 5.74) is 8.73. The molecule has 0 N–H and O–H groups in total. The summed E-state index contributed by atoms with van der Waals surface area (Å²) in [6.07, 6.45) is 8.20. The molecular formula is C30H38O3. The second kappa shape index (κ2) is 7.39. The molecule has 6 rings (SSSR count). The highest BCUT2D eigenvalue weighted by Gasteiger charge is 2.55. The lowest BCUT2D eigenvalue weighted by Gasteiger charge is -2.48. The Morgan fingerprint density at radius 3 is 2.30 bits per heavy atom. The molecule has 176 valence electrons. The smallest absolute Gasteiger partial charge is 0.196 e. The number of carbonyl (C=O) groups excluding carboxylic acids is 1. The highest BCUT2D eigenvalue weighted by molar-refractivity contribution is 5.87. The van der Waals surface area contributed by atoms with Gasteiger partial charge in [-0.2, -0.15) is 0 Å². The van der Waals surface area contributed by atoms with Crippen molar-refractivity contribution in [2.45, 2.75) is 90.3 Å². The lowest BCUT2D eigenvalue weighted by atomic mass is 9.57. The summed E-state index contributed by atoms with van der Waals surface area (Å²) in [5, 5.41) is 0. The number of ketones is 1. The molecule has 3 nitrogen and oxygen atoms in total. The Labute approximate surface area is 198 Å². The molecule has 33 heavy (non-hydrogen) atoms. The van der Waals surface area contributed by atoms with Crippen molar-refractivity contribution in [3.05, 3.63) is 52.1 Å². The van der Waals surface area contributed by atoms with Gasteiger partial charge in [0.25, 0.3) is 0 Å². The van der Waals surface area contributed by atoms with Crippen molar-refractivity contribution in [1.82, 2.24) is 0 Å². The number of Topliss-reactive ketones (excluding diaryl/α,β-unsaturated/α-hetero) is 1. The van der Waals surface area contributed by atoms with Gasteiger partial charge in [-0.05, 0) is 78.0 Å². The van der Waals surface area contributed by atoms with E-state index in [4.69, 9.17) is 9.47 Å². The van der Waals surface area contributed by atoms with E-state index < -0.39 is 5.79 Å². The monoisotopic (exact) mass is 446 g/mol. The molecule has 1 aromatic rings. The molecule has 0 radical (unpaired) electrons. The van der Waals surface area contributed by atoms with Crippen molar-refractivity contribution >= 4 is 11.4 Å². The Morgan fingerprint density at radius 1 is 0.879 bits per heavy atom. The van der Waals surface area contributed by atoms with Crippen LogP contribution < -0.4 is 0 Å². The van der Waals surface area contributed by atoms with Crippen LogP contribution in [0.1, 0.15) is 90.2 Å². The van der Waals surface area contributed by atoms with E-state index in [-0.39, 0.29) is 10.8 Å². The van der Waals surface area contributed by atoms with Gasteiger partial charge in [0.1, 0.15) is 5.78 Å². The maximum absolute atomic E-state index is 12.7. The van der Waals surface area contributed by atoms with E-state index in [1.165, 1.54) is 28.7 Å². The first-order chi connectivity index (χ1) is 15.7. The van der Waals surface area contributed by atoms with Gasteiger partial charge in [-0.25, -0.2) is 0 Å². The zero-order chi connectivity index (χ0) is 23.0. The molecule has 1 saturated heterocycles. The topological polar surface area (TPSA) is 35.5 Å². The Morgan fingerprint density at radius 2 is 1.61 bits per heavy atom. The highest BCUT2D eigenvalue weighted by Crippen LogP contribution is 2.61. The van der Waals surface area contributed by atoms with Gasteiger partial charge in [-0.1, -0.05) is 57.5 Å². The average Bonchev–Trinajstić information content (AvgIpc) is 3.37. The molecule has 4 aliphatic carbocycles. The van der Waals surface area contributed by atoms with Gasteiger partial charge < -0.3 is 9.47 Å². The molecule has 0 bridgehead atoms. The van der Waals surface area contributed by atoms with E-state index in [1.807, 2.05) is 0 Å². The maximum atomic E-state index is 12.7. The summed E-state index contributed by atoms with van der Waals surface area (Å²) in [4.78, 5) is 12.7. The van der Waals surface area contributed by atoms with Crippen LogP contribution in [0, 0.1) is 17.3 Å². The first-order valence-corrected chi connectivity index (χ1v) is 13.1. The van der Waals surface area contributed by atoms with Crippen LogP contribution in [-0.4, -0.2) is 24.8 Å². The van der Waals surface area contributed by atoms with Gasteiger partial charge in [0.05, 0.1) is 13.2 Å². The third kappa shape index (κ3) is 3.18. The number of ether oxygens (including phenoxy) is 2. The molecular weight excluding hydrogens is 408 g/mol. The molecule has 1 aromatic carbocycles. The molecule has 2 saturated carbocycles. The number of fused-ring (bicyclic) bond motifs is 4. The molecule has 1 heterocycles. The molecule has 0 amide bonds. The van der Waals surface area contributed by atoms with Crippen molar-refractivity contribution < 1.29 is 14.3 Å². The van der Waals surface area contributed by atoms with Crippen LogP contribution in [-0.2, 0) is 19.7 Å². The van der Waals surface area contributed by atoms with Crippen LogP contribution >= 0.6 is 0 Å². The molecule has 1 aliphatic heterocycles. The zero-order valence-corrected chi connectivity index (χ0v) is 20.8. The molecule has 0 unspecified atom stereocenters. The van der Waals surface area contributed by atoms with Crippen LogP contribution in [0.15, 0.2) is 41.0 Å². The van der Waals surface area contributed by atoms with Gasteiger partial charge in [-0.3, -0.25) is 4.79 Å². The van der Waals surface area contributed by atoms with Crippen LogP contribution in [0.4, 0.5) is 0 Å². The standard InChI is InChI=1S/C30H38O3/c1-28(2,3)20-7-5-19(6-8-20)27-24-10-9-23-21(13-15-29(4)25(23)11-12-26(29)31)22(24)14-16-30(27)32-17-18-33-30/h5-8,23,25H,9-18H2,1-4H3/t23-,25+,29+/m1/s1. The normalized spacial score (nSPS) is 33.4. The fourth-order valence-corrected chi connectivity index (χ4v) is 7.79. The molecule has 5 aliphatic rings. The second-order valence-corrected chi connectivity index (χ2v) is 12.3. The van der Waals surface area contributed by atoms with Crippen LogP contribution in [0.25, 0.3) is 5.57 Å². The Bertz CT molecular complexity index is 1050. The zero-order valence-electron chi connectivity index (χ0n) is 20.8. The van der Waals surface area contributed by atoms with Crippen molar-refractivity contribution in [2.75, 3.05) is 13.2 Å². The lowest BCUT2D eigenvalue weighted by molar-refractivity contribution is -0.128. The van der Waals surface area contributed by atoms with E-state index in [2.05, 4.69) is 52.0 Å². The summed E-state index contributed by atoms with van der Waals surface area (Å²) in [6, 6.07) is 9.16. The van der Waals surface area contributed by atoms with Gasteiger partial charge in [-0.15, -0.1) is 0 Å². The maximum Gasteiger partial charge on any atom is 0.196 e. The van der Waals surface area contributed by atoms with Crippen molar-refractivity contribution in [2.24, 2.45) is 17.3 Å². The Hall–Kier alpha value is -1.71. The molecule has 1 spiro atoms. The summed E-state index contributed by atoms with van der Waals surface area (Å²) in [7, 11) is 0. The van der Waals surface area contributed by atoms with Crippen molar-refractivity contribution in [1.29, 1.82) is 0 Å². The molecule has 3 atom stereocenters. The lowest BCUT2D eigenvalue weighted by Crippen LogP contribution is -2.42. The third-order valence-electron chi connectivity index (χ3n) is 9.62. The largest absolute Gasteiger partial charge is 0.343 e. The van der Waals surface area contributed by atoms with Crippen LogP contribution in [0.3, 0.4) is 0 Å². The predicted octanol–water partition coefficient (Wildman–Crippen LogP) is 6.76. The fourth-order valence-electron chi connectivity index (χ4n) is 7.79. The number of benzene rings is 1. The van der Waals surface area contributed by atoms with E-state index in [0.29, 0.717) is 30.8 Å². The Kier molecular flexibility index (Phi) is 4.88. The van der Waals surface area contributed by atoms with E-state index >= 15 is 0 Å². The summed E-state index contributed by atoms with van der Waals surface area (Å²) in [6.45, 7) is 10.4. The summed E-state index contributed by atoms with van der Waals surface area (Å²) < 4.78 is 12.8. The first-order valence-electron chi connectivity index (χ1n) is 13.1. The number of hydrogen-bond acceptors (Lipinski definition) is 3. The Balaban J connectivity index is 1.47. The SMILES string of the molecule is CC(C)(C)c1ccc(C2=C3CC[C@@H]4C(=C3CCC23OCCO3)CC[C@]2(C)C(=O)CC[C@@H]42)cc1. The van der Waals surface area contributed by atoms with Gasteiger partial charge >= 0.3 is 0 Å². The van der Waals surface area contributed by atoms with E-state index in [9.17, 15) is 4.79 Å². The first kappa shape index (κ1) is 21.8. The van der Waals surface area contributed by atoms with E-state index in [0.717, 1.165) is 44.9 Å². The average molecular weight is 447 g/mol. The minimum absolute atomic E-state index is 0.0743. The summed E-state index contributed by atoms with van der Waals surface area (Å²) >= 11 is 0. The molecule has 3 fully saturated rings. The third-order valence-corrected chi connectivity index (χ3v) is 9.62. The quantitative estimate of drug-likeness (QED) is 0.478. The minimum atomic E-state index is -0.581. The number of carbonyl (C=O) groups is 1. The number of allylic oxidation sites excluding steroid dienone is 3. The molecule has 3 heteroatoms. The van der Waals surface area contributed by atoms with Gasteiger partial charge in [0.15, 0.2) is 5.79 Å². The van der Waals surface area contributed by atoms with Gasteiger partial charge in [0.2, 0.25) is 0 Å².